The molecule has 0 unspecified atom stereocenters. The lowest BCUT2D eigenvalue weighted by molar-refractivity contribution is 0.358. The van der Waals surface area contributed by atoms with Crippen molar-refractivity contribution in [3.63, 3.8) is 0 Å². The van der Waals surface area contributed by atoms with Crippen LogP contribution >= 0.6 is 11.3 Å². The maximum Gasteiger partial charge on any atom is 0.246 e. The third-order valence-electron chi connectivity index (χ3n) is 3.28. The number of nitrogens with zero attached hydrogens (tertiary/aromatic N) is 1. The number of hydrogen-bond acceptors (Lipinski definition) is 4. The lowest BCUT2D eigenvalue weighted by Gasteiger charge is -2.21. The van der Waals surface area contributed by atoms with Crippen LogP contribution in [-0.2, 0) is 23.1 Å². The van der Waals surface area contributed by atoms with Gasteiger partial charge in [0.05, 0.1) is 12.8 Å². The highest BCUT2D eigenvalue weighted by molar-refractivity contribution is 7.89. The van der Waals surface area contributed by atoms with Crippen LogP contribution in [0, 0.1) is 5.82 Å². The molecule has 0 spiro atoms. The summed E-state index contributed by atoms with van der Waals surface area (Å²) in [5, 5.41) is 1.87. The summed E-state index contributed by atoms with van der Waals surface area (Å²) < 4.78 is 46.2. The van der Waals surface area contributed by atoms with E-state index >= 15 is 0 Å². The summed E-state index contributed by atoms with van der Waals surface area (Å²) in [5.41, 5.74) is 0. The molecule has 0 saturated heterocycles. The van der Waals surface area contributed by atoms with Crippen molar-refractivity contribution < 1.29 is 17.2 Å². The molecule has 0 amide bonds. The highest BCUT2D eigenvalue weighted by Gasteiger charge is 2.28. The number of thiophene rings is 1. The third-order valence-corrected chi connectivity index (χ3v) is 5.97. The summed E-state index contributed by atoms with van der Waals surface area (Å²) in [4.78, 5) is 0.541. The van der Waals surface area contributed by atoms with Crippen molar-refractivity contribution in [2.75, 3.05) is 0 Å². The number of benzene rings is 1. The Morgan fingerprint density at radius 1 is 1.04 bits per heavy atom. The normalized spacial score (nSPS) is 11.9. The zero-order chi connectivity index (χ0) is 16.3. The monoisotopic (exact) mass is 351 g/mol. The van der Waals surface area contributed by atoms with Crippen LogP contribution in [0.25, 0.3) is 0 Å². The first-order valence-corrected chi connectivity index (χ1v) is 9.19. The summed E-state index contributed by atoms with van der Waals surface area (Å²) >= 11 is 1.45. The zero-order valence-corrected chi connectivity index (χ0v) is 13.7. The molecule has 0 aliphatic heterocycles. The molecule has 0 radical (unpaired) electrons. The summed E-state index contributed by atoms with van der Waals surface area (Å²) in [6.45, 7) is 0.205. The highest BCUT2D eigenvalue weighted by atomic mass is 32.2. The number of furan rings is 1. The van der Waals surface area contributed by atoms with Gasteiger partial charge in [0.25, 0.3) is 0 Å². The molecule has 0 saturated carbocycles. The Bertz CT molecular complexity index is 822. The molecular weight excluding hydrogens is 337 g/mol. The average Bonchev–Trinajstić information content (AvgIpc) is 3.20. The minimum absolute atomic E-state index is 0.0432. The standard InChI is InChI=1S/C16H14FNO3S2/c17-15-7-1-2-8-16(15)23(19,20)18(11-13-5-3-9-21-13)12-14-6-4-10-22-14/h1-10H,11-12H2. The fourth-order valence-electron chi connectivity index (χ4n) is 2.17. The molecule has 0 bridgehead atoms. The first kappa shape index (κ1) is 15.9. The van der Waals surface area contributed by atoms with Gasteiger partial charge in [-0.1, -0.05) is 18.2 Å². The Morgan fingerprint density at radius 2 is 1.87 bits per heavy atom. The van der Waals surface area contributed by atoms with Gasteiger partial charge in [-0.05, 0) is 35.7 Å². The summed E-state index contributed by atoms with van der Waals surface area (Å²) in [7, 11) is -3.98. The van der Waals surface area contributed by atoms with Gasteiger partial charge in [0.2, 0.25) is 10.0 Å². The van der Waals surface area contributed by atoms with E-state index in [0.29, 0.717) is 5.76 Å². The lowest BCUT2D eigenvalue weighted by atomic mass is 10.3. The van der Waals surface area contributed by atoms with Gasteiger partial charge in [-0.15, -0.1) is 11.3 Å². The van der Waals surface area contributed by atoms with Crippen molar-refractivity contribution in [1.82, 2.24) is 4.31 Å². The number of sulfonamides is 1. The molecule has 23 heavy (non-hydrogen) atoms. The van der Waals surface area contributed by atoms with Gasteiger partial charge in [-0.25, -0.2) is 12.8 Å². The fraction of sp³-hybridized carbons (Fsp3) is 0.125. The van der Waals surface area contributed by atoms with Crippen molar-refractivity contribution in [3.05, 3.63) is 76.6 Å². The molecule has 0 atom stereocenters. The predicted octanol–water partition coefficient (Wildman–Crippen LogP) is 3.87. The van der Waals surface area contributed by atoms with E-state index in [9.17, 15) is 12.8 Å². The smallest absolute Gasteiger partial charge is 0.246 e. The van der Waals surface area contributed by atoms with Crippen LogP contribution in [0.4, 0.5) is 4.39 Å². The van der Waals surface area contributed by atoms with Crippen molar-refractivity contribution in [2.45, 2.75) is 18.0 Å². The largest absolute Gasteiger partial charge is 0.468 e. The van der Waals surface area contributed by atoms with Crippen molar-refractivity contribution >= 4 is 21.4 Å². The number of hydrogen-bond donors (Lipinski definition) is 0. The van der Waals surface area contributed by atoms with Gasteiger partial charge >= 0.3 is 0 Å². The molecule has 0 fully saturated rings. The minimum atomic E-state index is -3.98. The maximum absolute atomic E-state index is 14.0. The fourth-order valence-corrected chi connectivity index (χ4v) is 4.42. The summed E-state index contributed by atoms with van der Waals surface area (Å²) in [6.07, 6.45) is 1.48. The molecule has 120 valence electrons. The molecule has 0 N–H and O–H groups in total. The second-order valence-electron chi connectivity index (χ2n) is 4.86. The van der Waals surface area contributed by atoms with E-state index in [1.54, 1.807) is 12.1 Å². The molecule has 0 aliphatic carbocycles. The molecule has 7 heteroatoms. The zero-order valence-electron chi connectivity index (χ0n) is 12.1. The predicted molar refractivity (Wildman–Crippen MR) is 85.9 cm³/mol. The van der Waals surface area contributed by atoms with Gasteiger partial charge in [-0.3, -0.25) is 0 Å². The molecule has 3 rings (SSSR count). The Hall–Kier alpha value is -1.96. The van der Waals surface area contributed by atoms with Crippen LogP contribution in [0.5, 0.6) is 0 Å². The van der Waals surface area contributed by atoms with Crippen molar-refractivity contribution in [1.29, 1.82) is 0 Å². The Morgan fingerprint density at radius 3 is 2.52 bits per heavy atom. The Balaban J connectivity index is 1.98. The van der Waals surface area contributed by atoms with E-state index in [1.165, 1.54) is 40.1 Å². The van der Waals surface area contributed by atoms with E-state index in [1.807, 2.05) is 17.5 Å². The van der Waals surface area contributed by atoms with Gasteiger partial charge in [0.15, 0.2) is 0 Å². The van der Waals surface area contributed by atoms with E-state index in [4.69, 9.17) is 4.42 Å². The molecule has 0 aliphatic rings. The van der Waals surface area contributed by atoms with Crippen molar-refractivity contribution in [3.8, 4) is 0 Å². The van der Waals surface area contributed by atoms with E-state index < -0.39 is 15.8 Å². The topological polar surface area (TPSA) is 50.5 Å². The third kappa shape index (κ3) is 3.52. The molecule has 2 heterocycles. The van der Waals surface area contributed by atoms with Crippen molar-refractivity contribution in [2.24, 2.45) is 0 Å². The molecule has 1 aromatic carbocycles. The van der Waals surface area contributed by atoms with Crippen LogP contribution in [0.3, 0.4) is 0 Å². The molecule has 4 nitrogen and oxygen atoms in total. The van der Waals surface area contributed by atoms with Crippen LogP contribution in [0.2, 0.25) is 0 Å². The van der Waals surface area contributed by atoms with Crippen LogP contribution < -0.4 is 0 Å². The van der Waals surface area contributed by atoms with Crippen LogP contribution in [0.1, 0.15) is 10.6 Å². The van der Waals surface area contributed by atoms with E-state index in [2.05, 4.69) is 0 Å². The second kappa shape index (κ2) is 6.66. The first-order valence-electron chi connectivity index (χ1n) is 6.87. The SMILES string of the molecule is O=S(=O)(c1ccccc1F)N(Cc1ccco1)Cc1cccs1. The molecule has 2 aromatic heterocycles. The second-order valence-corrected chi connectivity index (χ2v) is 7.80. The molecule has 3 aromatic rings. The molecular formula is C16H14FNO3S2. The maximum atomic E-state index is 14.0. The first-order chi connectivity index (χ1) is 11.1. The summed E-state index contributed by atoms with van der Waals surface area (Å²) in [5.74, 6) is -0.260. The van der Waals surface area contributed by atoms with E-state index in [-0.39, 0.29) is 18.0 Å². The van der Waals surface area contributed by atoms with Gasteiger partial charge in [0.1, 0.15) is 16.5 Å². The average molecular weight is 351 g/mol. The Kier molecular flexibility index (Phi) is 4.61. The number of rotatable bonds is 6. The Labute approximate surface area is 137 Å². The minimum Gasteiger partial charge on any atom is -0.468 e. The van der Waals surface area contributed by atoms with Gasteiger partial charge in [0, 0.05) is 11.4 Å². The van der Waals surface area contributed by atoms with Gasteiger partial charge < -0.3 is 4.42 Å². The quantitative estimate of drug-likeness (QED) is 0.677. The highest BCUT2D eigenvalue weighted by Crippen LogP contribution is 2.24. The summed E-state index contributed by atoms with van der Waals surface area (Å²) in [6, 6.07) is 12.5. The van der Waals surface area contributed by atoms with E-state index in [0.717, 1.165) is 10.9 Å². The van der Waals surface area contributed by atoms with Gasteiger partial charge in [-0.2, -0.15) is 4.31 Å². The van der Waals surface area contributed by atoms with Crippen LogP contribution in [-0.4, -0.2) is 12.7 Å². The lowest BCUT2D eigenvalue weighted by Crippen LogP contribution is -2.30. The number of halogens is 1. The van der Waals surface area contributed by atoms with Crippen LogP contribution in [0.15, 0.2) is 69.5 Å².